The number of anilines is 1. The predicted molar refractivity (Wildman–Crippen MR) is 121 cm³/mol. The Morgan fingerprint density at radius 1 is 1.07 bits per heavy atom. The van der Waals surface area contributed by atoms with Gasteiger partial charge in [0.2, 0.25) is 5.91 Å². The normalized spacial score (nSPS) is 15.2. The molecule has 162 valence electrons. The standard InChI is InChI=1S/C23H31N3O3S/c1-5-29-23(28)21-17(3)18(4)30-22(21)24-20(27)15-26-12-10-25(11-13-26)14-19-9-7-6-8-16(19)2/h6-9H,5,10-15H2,1-4H3,(H,24,27). The number of benzene rings is 1. The maximum Gasteiger partial charge on any atom is 0.341 e. The summed E-state index contributed by atoms with van der Waals surface area (Å²) in [5, 5.41) is 3.53. The van der Waals surface area contributed by atoms with Gasteiger partial charge in [-0.3, -0.25) is 14.6 Å². The number of rotatable bonds is 7. The number of esters is 1. The number of carbonyl (C=O) groups is 2. The first-order valence-corrected chi connectivity index (χ1v) is 11.3. The van der Waals surface area contributed by atoms with Crippen LogP contribution in [-0.2, 0) is 16.1 Å². The molecule has 0 unspecified atom stereocenters. The number of hydrogen-bond donors (Lipinski definition) is 1. The van der Waals surface area contributed by atoms with E-state index in [4.69, 9.17) is 4.74 Å². The minimum Gasteiger partial charge on any atom is -0.462 e. The lowest BCUT2D eigenvalue weighted by Gasteiger charge is -2.34. The number of hydrogen-bond acceptors (Lipinski definition) is 6. The van der Waals surface area contributed by atoms with Crippen molar-refractivity contribution in [2.24, 2.45) is 0 Å². The first kappa shape index (κ1) is 22.5. The van der Waals surface area contributed by atoms with E-state index in [1.807, 2.05) is 13.8 Å². The van der Waals surface area contributed by atoms with E-state index in [0.29, 0.717) is 23.7 Å². The van der Waals surface area contributed by atoms with Crippen LogP contribution in [0.4, 0.5) is 5.00 Å². The zero-order valence-electron chi connectivity index (χ0n) is 18.3. The summed E-state index contributed by atoms with van der Waals surface area (Å²) in [6, 6.07) is 8.48. The van der Waals surface area contributed by atoms with Crippen LogP contribution in [0.15, 0.2) is 24.3 Å². The van der Waals surface area contributed by atoms with E-state index < -0.39 is 0 Å². The van der Waals surface area contributed by atoms with Crippen LogP contribution in [0.2, 0.25) is 0 Å². The molecule has 0 saturated carbocycles. The Balaban J connectivity index is 1.53. The van der Waals surface area contributed by atoms with Gasteiger partial charge in [0.25, 0.3) is 0 Å². The fourth-order valence-corrected chi connectivity index (χ4v) is 4.73. The second kappa shape index (κ2) is 10.2. The molecule has 1 aliphatic heterocycles. The Kier molecular flexibility index (Phi) is 7.64. The van der Waals surface area contributed by atoms with Crippen molar-refractivity contribution in [3.63, 3.8) is 0 Å². The van der Waals surface area contributed by atoms with E-state index in [0.717, 1.165) is 43.2 Å². The van der Waals surface area contributed by atoms with Gasteiger partial charge in [-0.2, -0.15) is 0 Å². The molecule has 1 aliphatic rings. The van der Waals surface area contributed by atoms with Crippen molar-refractivity contribution in [1.29, 1.82) is 0 Å². The molecule has 1 N–H and O–H groups in total. The summed E-state index contributed by atoms with van der Waals surface area (Å²) >= 11 is 1.43. The van der Waals surface area contributed by atoms with Crippen molar-refractivity contribution in [3.8, 4) is 0 Å². The molecular formula is C23H31N3O3S. The van der Waals surface area contributed by atoms with Gasteiger partial charge in [-0.25, -0.2) is 4.79 Å². The fraction of sp³-hybridized carbons (Fsp3) is 0.478. The lowest BCUT2D eigenvalue weighted by Crippen LogP contribution is -2.48. The number of nitrogens with one attached hydrogen (secondary N) is 1. The summed E-state index contributed by atoms with van der Waals surface area (Å²) in [4.78, 5) is 30.5. The smallest absolute Gasteiger partial charge is 0.341 e. The number of amides is 1. The second-order valence-electron chi connectivity index (χ2n) is 7.73. The molecule has 0 bridgehead atoms. The first-order valence-electron chi connectivity index (χ1n) is 10.4. The number of aryl methyl sites for hydroxylation is 2. The molecule has 3 rings (SSSR count). The third-order valence-corrected chi connectivity index (χ3v) is 6.73. The SMILES string of the molecule is CCOC(=O)c1c(NC(=O)CN2CCN(Cc3ccccc3C)CC2)sc(C)c1C. The molecule has 2 heterocycles. The zero-order chi connectivity index (χ0) is 21.7. The Labute approximate surface area is 182 Å². The quantitative estimate of drug-likeness (QED) is 0.682. The highest BCUT2D eigenvalue weighted by Crippen LogP contribution is 2.33. The van der Waals surface area contributed by atoms with E-state index in [1.54, 1.807) is 6.92 Å². The minimum atomic E-state index is -0.375. The Morgan fingerprint density at radius 3 is 2.40 bits per heavy atom. The summed E-state index contributed by atoms with van der Waals surface area (Å²) in [5.74, 6) is -0.464. The van der Waals surface area contributed by atoms with E-state index in [1.165, 1.54) is 22.5 Å². The number of ether oxygens (including phenoxy) is 1. The predicted octanol–water partition coefficient (Wildman–Crippen LogP) is 3.61. The molecule has 7 heteroatoms. The monoisotopic (exact) mass is 429 g/mol. The maximum absolute atomic E-state index is 12.6. The largest absolute Gasteiger partial charge is 0.462 e. The van der Waals surface area contributed by atoms with Crippen LogP contribution < -0.4 is 5.32 Å². The van der Waals surface area contributed by atoms with Gasteiger partial charge in [0, 0.05) is 37.6 Å². The Hall–Kier alpha value is -2.22. The van der Waals surface area contributed by atoms with Gasteiger partial charge < -0.3 is 10.1 Å². The van der Waals surface area contributed by atoms with Gasteiger partial charge in [0.15, 0.2) is 0 Å². The highest BCUT2D eigenvalue weighted by atomic mass is 32.1. The van der Waals surface area contributed by atoms with E-state index >= 15 is 0 Å². The number of carbonyl (C=O) groups excluding carboxylic acids is 2. The van der Waals surface area contributed by atoms with Crippen molar-refractivity contribution >= 4 is 28.2 Å². The summed E-state index contributed by atoms with van der Waals surface area (Å²) in [6.07, 6.45) is 0. The summed E-state index contributed by atoms with van der Waals surface area (Å²) in [6.45, 7) is 12.9. The van der Waals surface area contributed by atoms with Crippen molar-refractivity contribution in [3.05, 3.63) is 51.4 Å². The van der Waals surface area contributed by atoms with E-state index in [9.17, 15) is 9.59 Å². The Morgan fingerprint density at radius 2 is 1.73 bits per heavy atom. The molecule has 1 amide bonds. The molecule has 6 nitrogen and oxygen atoms in total. The van der Waals surface area contributed by atoms with Crippen LogP contribution >= 0.6 is 11.3 Å². The lowest BCUT2D eigenvalue weighted by molar-refractivity contribution is -0.117. The molecule has 0 radical (unpaired) electrons. The highest BCUT2D eigenvalue weighted by molar-refractivity contribution is 7.16. The third kappa shape index (κ3) is 5.47. The highest BCUT2D eigenvalue weighted by Gasteiger charge is 2.24. The summed E-state index contributed by atoms with van der Waals surface area (Å²) in [7, 11) is 0. The number of nitrogens with zero attached hydrogens (tertiary/aromatic N) is 2. The van der Waals surface area contributed by atoms with Crippen molar-refractivity contribution in [1.82, 2.24) is 9.80 Å². The molecule has 0 atom stereocenters. The second-order valence-corrected chi connectivity index (χ2v) is 8.96. The third-order valence-electron chi connectivity index (χ3n) is 5.61. The van der Waals surface area contributed by atoms with Crippen LogP contribution in [0.5, 0.6) is 0 Å². The van der Waals surface area contributed by atoms with Crippen LogP contribution in [-0.4, -0.2) is 61.0 Å². The minimum absolute atomic E-state index is 0.0887. The summed E-state index contributed by atoms with van der Waals surface area (Å²) < 4.78 is 5.16. The van der Waals surface area contributed by atoms with Gasteiger partial charge in [-0.05, 0) is 44.4 Å². The molecule has 30 heavy (non-hydrogen) atoms. The number of thiophene rings is 1. The number of piperazine rings is 1. The average molecular weight is 430 g/mol. The van der Waals surface area contributed by atoms with Gasteiger partial charge in [0.05, 0.1) is 18.7 Å². The molecule has 0 aliphatic carbocycles. The molecular weight excluding hydrogens is 398 g/mol. The molecule has 1 fully saturated rings. The van der Waals surface area contributed by atoms with Crippen molar-refractivity contribution in [2.45, 2.75) is 34.2 Å². The first-order chi connectivity index (χ1) is 14.4. The van der Waals surface area contributed by atoms with Crippen LogP contribution in [0, 0.1) is 20.8 Å². The fourth-order valence-electron chi connectivity index (χ4n) is 3.67. The molecule has 1 aromatic heterocycles. The molecule has 2 aromatic rings. The van der Waals surface area contributed by atoms with Gasteiger partial charge in [-0.15, -0.1) is 11.3 Å². The average Bonchev–Trinajstić information content (AvgIpc) is 2.98. The van der Waals surface area contributed by atoms with Crippen LogP contribution in [0.3, 0.4) is 0 Å². The van der Waals surface area contributed by atoms with Gasteiger partial charge >= 0.3 is 5.97 Å². The zero-order valence-corrected chi connectivity index (χ0v) is 19.1. The van der Waals surface area contributed by atoms with Gasteiger partial charge in [-0.1, -0.05) is 24.3 Å². The maximum atomic E-state index is 12.6. The van der Waals surface area contributed by atoms with Crippen molar-refractivity contribution < 1.29 is 14.3 Å². The summed E-state index contributed by atoms with van der Waals surface area (Å²) in [5.41, 5.74) is 4.03. The van der Waals surface area contributed by atoms with E-state index in [2.05, 4.69) is 46.3 Å². The van der Waals surface area contributed by atoms with Crippen LogP contribution in [0.25, 0.3) is 0 Å². The van der Waals surface area contributed by atoms with Crippen LogP contribution in [0.1, 0.15) is 38.8 Å². The molecule has 1 aromatic carbocycles. The molecule has 0 spiro atoms. The molecule has 1 saturated heterocycles. The Bertz CT molecular complexity index is 901. The van der Waals surface area contributed by atoms with E-state index in [-0.39, 0.29) is 11.9 Å². The lowest BCUT2D eigenvalue weighted by atomic mass is 10.1. The van der Waals surface area contributed by atoms with Gasteiger partial charge in [0.1, 0.15) is 5.00 Å². The van der Waals surface area contributed by atoms with Crippen molar-refractivity contribution in [2.75, 3.05) is 44.6 Å². The topological polar surface area (TPSA) is 61.9 Å².